The fourth-order valence-electron chi connectivity index (χ4n) is 4.01. The van der Waals surface area contributed by atoms with E-state index >= 15 is 0 Å². The molecule has 0 saturated carbocycles. The molecule has 0 spiro atoms. The lowest BCUT2D eigenvalue weighted by Crippen LogP contribution is -2.46. The Balaban J connectivity index is 1.43. The van der Waals surface area contributed by atoms with Gasteiger partial charge in [-0.2, -0.15) is 0 Å². The summed E-state index contributed by atoms with van der Waals surface area (Å²) >= 11 is 0. The Hall–Kier alpha value is -1.75. The zero-order valence-electron chi connectivity index (χ0n) is 16.6. The number of carbonyl (C=O) groups excluding carboxylic acids is 1. The summed E-state index contributed by atoms with van der Waals surface area (Å²) in [5, 5.41) is 3.19. The third-order valence-corrected chi connectivity index (χ3v) is 5.68. The standard InChI is InChI=1S/C21H34N4O/c1-21(2,3)25-12-7-11-23(14-15-25)20(26)22-16-18-10-13-24(17-18)19-8-5-4-6-9-19/h4-6,8-9,18H,7,10-17H2,1-3H3,(H,22,26). The topological polar surface area (TPSA) is 38.8 Å². The minimum atomic E-state index is 0.110. The van der Waals surface area contributed by atoms with Crippen LogP contribution in [-0.4, -0.2) is 67.2 Å². The van der Waals surface area contributed by atoms with Crippen molar-refractivity contribution in [1.82, 2.24) is 15.1 Å². The van der Waals surface area contributed by atoms with Crippen LogP contribution in [0.1, 0.15) is 33.6 Å². The van der Waals surface area contributed by atoms with Crippen molar-refractivity contribution in [1.29, 1.82) is 0 Å². The van der Waals surface area contributed by atoms with Gasteiger partial charge in [-0.3, -0.25) is 4.90 Å². The zero-order valence-corrected chi connectivity index (χ0v) is 16.6. The number of hydrogen-bond acceptors (Lipinski definition) is 3. The van der Waals surface area contributed by atoms with Crippen LogP contribution in [0.15, 0.2) is 30.3 Å². The molecule has 3 rings (SSSR count). The van der Waals surface area contributed by atoms with Gasteiger partial charge in [0.1, 0.15) is 0 Å². The number of anilines is 1. The maximum atomic E-state index is 12.6. The average Bonchev–Trinajstić information content (AvgIpc) is 2.94. The van der Waals surface area contributed by atoms with Crippen LogP contribution < -0.4 is 10.2 Å². The van der Waals surface area contributed by atoms with Crippen molar-refractivity contribution < 1.29 is 4.79 Å². The van der Waals surface area contributed by atoms with Gasteiger partial charge in [0.15, 0.2) is 0 Å². The lowest BCUT2D eigenvalue weighted by atomic mass is 10.1. The number of nitrogens with zero attached hydrogens (tertiary/aromatic N) is 3. The van der Waals surface area contributed by atoms with Gasteiger partial charge >= 0.3 is 6.03 Å². The summed E-state index contributed by atoms with van der Waals surface area (Å²) in [4.78, 5) is 19.5. The Kier molecular flexibility index (Phi) is 6.07. The van der Waals surface area contributed by atoms with E-state index in [-0.39, 0.29) is 11.6 Å². The highest BCUT2D eigenvalue weighted by molar-refractivity contribution is 5.74. The third-order valence-electron chi connectivity index (χ3n) is 5.68. The van der Waals surface area contributed by atoms with Gasteiger partial charge in [0.05, 0.1) is 0 Å². The van der Waals surface area contributed by atoms with E-state index in [9.17, 15) is 4.79 Å². The molecule has 1 atom stereocenters. The monoisotopic (exact) mass is 358 g/mol. The quantitative estimate of drug-likeness (QED) is 0.903. The van der Waals surface area contributed by atoms with Gasteiger partial charge in [-0.15, -0.1) is 0 Å². The third kappa shape index (κ3) is 4.91. The van der Waals surface area contributed by atoms with Gasteiger partial charge in [-0.05, 0) is 51.7 Å². The summed E-state index contributed by atoms with van der Waals surface area (Å²) < 4.78 is 0. The second-order valence-corrected chi connectivity index (χ2v) is 8.62. The number of urea groups is 1. The maximum absolute atomic E-state index is 12.6. The maximum Gasteiger partial charge on any atom is 0.317 e. The van der Waals surface area contributed by atoms with Crippen LogP contribution in [0.5, 0.6) is 0 Å². The SMILES string of the molecule is CC(C)(C)N1CCCN(C(=O)NCC2CCN(c3ccccc3)C2)CC1. The average molecular weight is 359 g/mol. The first-order valence-corrected chi connectivity index (χ1v) is 10.0. The molecule has 2 fully saturated rings. The highest BCUT2D eigenvalue weighted by atomic mass is 16.2. The lowest BCUT2D eigenvalue weighted by Gasteiger charge is -2.34. The van der Waals surface area contributed by atoms with Crippen molar-refractivity contribution in [3.05, 3.63) is 30.3 Å². The fraction of sp³-hybridized carbons (Fsp3) is 0.667. The number of nitrogens with one attached hydrogen (secondary N) is 1. The molecule has 1 aromatic carbocycles. The molecule has 0 aliphatic carbocycles. The second kappa shape index (κ2) is 8.30. The Labute approximate surface area is 158 Å². The summed E-state index contributed by atoms with van der Waals surface area (Å²) in [5.74, 6) is 0.539. The van der Waals surface area contributed by atoms with E-state index in [4.69, 9.17) is 0 Å². The molecule has 1 N–H and O–H groups in total. The Morgan fingerprint density at radius 2 is 1.85 bits per heavy atom. The van der Waals surface area contributed by atoms with E-state index in [0.717, 1.165) is 58.7 Å². The smallest absolute Gasteiger partial charge is 0.317 e. The summed E-state index contributed by atoms with van der Waals surface area (Å²) in [6, 6.07) is 10.7. The van der Waals surface area contributed by atoms with E-state index in [1.165, 1.54) is 5.69 Å². The predicted octanol–water partition coefficient (Wildman–Crippen LogP) is 3.03. The number of amides is 2. The molecule has 144 valence electrons. The van der Waals surface area contributed by atoms with Gasteiger partial charge in [0.25, 0.3) is 0 Å². The van der Waals surface area contributed by atoms with Crippen LogP contribution >= 0.6 is 0 Å². The van der Waals surface area contributed by atoms with E-state index in [0.29, 0.717) is 5.92 Å². The summed E-state index contributed by atoms with van der Waals surface area (Å²) in [5.41, 5.74) is 1.47. The molecule has 5 heteroatoms. The van der Waals surface area contributed by atoms with Crippen LogP contribution in [0.4, 0.5) is 10.5 Å². The van der Waals surface area contributed by atoms with E-state index in [2.05, 4.69) is 66.2 Å². The molecule has 2 heterocycles. The number of para-hydroxylation sites is 1. The summed E-state index contributed by atoms with van der Waals surface area (Å²) in [6.07, 6.45) is 2.20. The van der Waals surface area contributed by atoms with Crippen molar-refractivity contribution in [3.8, 4) is 0 Å². The highest BCUT2D eigenvalue weighted by Gasteiger charge is 2.27. The number of hydrogen-bond donors (Lipinski definition) is 1. The number of carbonyl (C=O) groups is 1. The molecule has 0 bridgehead atoms. The molecule has 2 amide bonds. The van der Waals surface area contributed by atoms with Crippen LogP contribution in [0.3, 0.4) is 0 Å². The minimum absolute atomic E-state index is 0.110. The highest BCUT2D eigenvalue weighted by Crippen LogP contribution is 2.23. The lowest BCUT2D eigenvalue weighted by molar-refractivity contribution is 0.141. The molecule has 0 aromatic heterocycles. The van der Waals surface area contributed by atoms with Crippen LogP contribution in [0.25, 0.3) is 0 Å². The normalized spacial score (nSPS) is 22.3. The molecular weight excluding hydrogens is 324 g/mol. The van der Waals surface area contributed by atoms with Gasteiger partial charge in [-0.25, -0.2) is 4.79 Å². The molecule has 0 radical (unpaired) electrons. The Morgan fingerprint density at radius 3 is 2.58 bits per heavy atom. The predicted molar refractivity (Wildman–Crippen MR) is 108 cm³/mol. The van der Waals surface area contributed by atoms with E-state index in [1.54, 1.807) is 0 Å². The molecular formula is C21H34N4O. The zero-order chi connectivity index (χ0) is 18.6. The van der Waals surface area contributed by atoms with Crippen molar-refractivity contribution in [2.75, 3.05) is 50.7 Å². The first-order valence-electron chi connectivity index (χ1n) is 10.0. The number of rotatable bonds is 3. The number of benzene rings is 1. The van der Waals surface area contributed by atoms with Gasteiger partial charge in [0, 0.05) is 57.0 Å². The molecule has 1 aromatic rings. The van der Waals surface area contributed by atoms with Gasteiger partial charge in [-0.1, -0.05) is 18.2 Å². The first kappa shape index (κ1) is 19.0. The molecule has 2 aliphatic heterocycles. The van der Waals surface area contributed by atoms with E-state index < -0.39 is 0 Å². The van der Waals surface area contributed by atoms with Gasteiger partial charge < -0.3 is 15.1 Å². The van der Waals surface area contributed by atoms with Crippen LogP contribution in [0.2, 0.25) is 0 Å². The van der Waals surface area contributed by atoms with Crippen molar-refractivity contribution >= 4 is 11.7 Å². The molecule has 1 unspecified atom stereocenters. The molecule has 5 nitrogen and oxygen atoms in total. The fourth-order valence-corrected chi connectivity index (χ4v) is 4.01. The Morgan fingerprint density at radius 1 is 1.08 bits per heavy atom. The first-order chi connectivity index (χ1) is 12.4. The van der Waals surface area contributed by atoms with Crippen molar-refractivity contribution in [3.63, 3.8) is 0 Å². The van der Waals surface area contributed by atoms with Crippen LogP contribution in [0, 0.1) is 5.92 Å². The summed E-state index contributed by atoms with van der Waals surface area (Å²) in [7, 11) is 0. The summed E-state index contributed by atoms with van der Waals surface area (Å²) in [6.45, 7) is 13.4. The molecule has 2 saturated heterocycles. The van der Waals surface area contributed by atoms with Gasteiger partial charge in [0.2, 0.25) is 0 Å². The second-order valence-electron chi connectivity index (χ2n) is 8.62. The molecule has 26 heavy (non-hydrogen) atoms. The largest absolute Gasteiger partial charge is 0.371 e. The Bertz CT molecular complexity index is 583. The van der Waals surface area contributed by atoms with Crippen LogP contribution in [-0.2, 0) is 0 Å². The minimum Gasteiger partial charge on any atom is -0.371 e. The van der Waals surface area contributed by atoms with Crippen molar-refractivity contribution in [2.45, 2.75) is 39.2 Å². The van der Waals surface area contributed by atoms with Crippen molar-refractivity contribution in [2.24, 2.45) is 5.92 Å². The molecule has 2 aliphatic rings. The van der Waals surface area contributed by atoms with E-state index in [1.807, 2.05) is 4.90 Å².